The van der Waals surface area contributed by atoms with E-state index in [0.717, 1.165) is 15.6 Å². The van der Waals surface area contributed by atoms with Crippen LogP contribution in [-0.2, 0) is 14.3 Å². The van der Waals surface area contributed by atoms with Crippen molar-refractivity contribution in [1.29, 1.82) is 0 Å². The maximum Gasteiger partial charge on any atom is 0.408 e. The molecule has 9 nitrogen and oxygen atoms in total. The number of benzene rings is 2. The predicted molar refractivity (Wildman–Crippen MR) is 177 cm³/mol. The van der Waals surface area contributed by atoms with Crippen molar-refractivity contribution in [2.45, 2.75) is 64.4 Å². The van der Waals surface area contributed by atoms with E-state index in [4.69, 9.17) is 55.7 Å². The summed E-state index contributed by atoms with van der Waals surface area (Å²) in [5.41, 5.74) is 1.48. The number of hydrogen-bond donors (Lipinski definition) is 2. The number of rotatable bonds is 10. The summed E-state index contributed by atoms with van der Waals surface area (Å²) in [5, 5.41) is 10.6. The van der Waals surface area contributed by atoms with Crippen molar-refractivity contribution in [2.24, 2.45) is 5.92 Å². The van der Waals surface area contributed by atoms with Gasteiger partial charge in [0.05, 0.1) is 6.20 Å². The van der Waals surface area contributed by atoms with E-state index in [2.05, 4.69) is 15.8 Å². The molecule has 3 rings (SSSR count). The van der Waals surface area contributed by atoms with E-state index in [1.807, 2.05) is 45.0 Å². The van der Waals surface area contributed by atoms with Gasteiger partial charge in [0, 0.05) is 40.5 Å². The molecule has 0 saturated carbocycles. The molecule has 240 valence electrons. The van der Waals surface area contributed by atoms with Crippen molar-refractivity contribution in [3.05, 3.63) is 70.3 Å². The van der Waals surface area contributed by atoms with Crippen molar-refractivity contribution in [1.82, 2.24) is 15.8 Å². The highest BCUT2D eigenvalue weighted by atomic mass is 35.5. The van der Waals surface area contributed by atoms with Crippen molar-refractivity contribution in [3.8, 4) is 11.3 Å². The van der Waals surface area contributed by atoms with Gasteiger partial charge in [0.1, 0.15) is 11.6 Å². The molecule has 0 aliphatic carbocycles. The molecule has 44 heavy (non-hydrogen) atoms. The molecule has 0 bridgehead atoms. The molecule has 2 atom stereocenters. The second kappa shape index (κ2) is 17.5. The van der Waals surface area contributed by atoms with Crippen LogP contribution in [0.2, 0.25) is 10.0 Å². The maximum absolute atomic E-state index is 12.9. The van der Waals surface area contributed by atoms with E-state index in [1.165, 1.54) is 11.1 Å². The van der Waals surface area contributed by atoms with Crippen LogP contribution < -0.4 is 15.5 Å². The fourth-order valence-electron chi connectivity index (χ4n) is 3.79. The summed E-state index contributed by atoms with van der Waals surface area (Å²) in [5.74, 6) is -0.539. The van der Waals surface area contributed by atoms with Crippen LogP contribution in [0.15, 0.2) is 59.3 Å². The molecule has 1 heterocycles. The van der Waals surface area contributed by atoms with E-state index in [-0.39, 0.29) is 24.9 Å². The van der Waals surface area contributed by atoms with Gasteiger partial charge >= 0.3 is 6.09 Å². The van der Waals surface area contributed by atoms with Crippen molar-refractivity contribution < 1.29 is 23.6 Å². The third kappa shape index (κ3) is 11.8. The zero-order chi connectivity index (χ0) is 33.0. The standard InChI is InChI=1S/C24H32Cl2N4O5.C7H6Cl2/c1-6-15(2)19(29-23(33)34-24(3,4)5)21(31)27-12-13-30(22(32)20(25)26)17-9-7-8-16(14-17)18-10-11-28-35-18;1-5-6(8)3-2-4-7(5)9/h7-11,14-15,19-20H,6,12-13H2,1-5H3,(H,27,31)(H,29,33);2-4H,1H3. The molecule has 2 aromatic carbocycles. The van der Waals surface area contributed by atoms with Crippen LogP contribution in [-0.4, -0.2) is 52.6 Å². The number of carbonyl (C=O) groups is 3. The molecule has 13 heteroatoms. The van der Waals surface area contributed by atoms with Gasteiger partial charge in [-0.05, 0) is 63.4 Å². The third-order valence-electron chi connectivity index (χ3n) is 6.34. The molecule has 3 aromatic rings. The fourth-order valence-corrected chi connectivity index (χ4v) is 4.43. The SMILES string of the molecule is CCC(C)C(NC(=O)OC(C)(C)C)C(=O)NCCN(C(=O)C(Cl)Cl)c1cccc(-c2ccno2)c1.Cc1c(Cl)cccc1Cl. The topological polar surface area (TPSA) is 114 Å². The monoisotopic (exact) mass is 686 g/mol. The molecule has 0 aliphatic heterocycles. The Bertz CT molecular complexity index is 1360. The number of carbonyl (C=O) groups excluding carboxylic acids is 3. The molecular weight excluding hydrogens is 650 g/mol. The molecule has 2 unspecified atom stereocenters. The lowest BCUT2D eigenvalue weighted by Gasteiger charge is -2.27. The Morgan fingerprint density at radius 3 is 2.20 bits per heavy atom. The minimum absolute atomic E-state index is 0.0973. The van der Waals surface area contributed by atoms with Gasteiger partial charge in [-0.25, -0.2) is 4.79 Å². The molecule has 0 spiro atoms. The summed E-state index contributed by atoms with van der Waals surface area (Å²) >= 11 is 23.2. The van der Waals surface area contributed by atoms with E-state index in [0.29, 0.717) is 23.4 Å². The number of alkyl halides is 2. The first-order valence-electron chi connectivity index (χ1n) is 13.9. The Morgan fingerprint density at radius 1 is 1.05 bits per heavy atom. The van der Waals surface area contributed by atoms with Crippen LogP contribution in [0.3, 0.4) is 0 Å². The van der Waals surface area contributed by atoms with Gasteiger partial charge in [-0.2, -0.15) is 0 Å². The molecule has 0 radical (unpaired) electrons. The van der Waals surface area contributed by atoms with Gasteiger partial charge < -0.3 is 24.8 Å². The Balaban J connectivity index is 0.000000639. The summed E-state index contributed by atoms with van der Waals surface area (Å²) in [6.45, 7) is 11.1. The average Bonchev–Trinajstić information content (AvgIpc) is 3.51. The molecule has 0 saturated heterocycles. The van der Waals surface area contributed by atoms with Gasteiger partial charge in [-0.1, -0.05) is 90.0 Å². The number of aromatic nitrogens is 1. The number of alkyl carbamates (subject to hydrolysis) is 1. The molecule has 2 N–H and O–H groups in total. The highest BCUT2D eigenvalue weighted by molar-refractivity contribution is 6.54. The second-order valence-corrected chi connectivity index (χ2v) is 12.8. The van der Waals surface area contributed by atoms with Gasteiger partial charge in [-0.3, -0.25) is 9.59 Å². The number of halogens is 4. The van der Waals surface area contributed by atoms with Crippen LogP contribution in [0.5, 0.6) is 0 Å². The Labute approximate surface area is 278 Å². The molecular formula is C31H38Cl4N4O5. The summed E-state index contributed by atoms with van der Waals surface area (Å²) in [6.07, 6.45) is 1.51. The lowest BCUT2D eigenvalue weighted by Crippen LogP contribution is -2.52. The summed E-state index contributed by atoms with van der Waals surface area (Å²) in [7, 11) is 0. The number of hydrogen-bond acceptors (Lipinski definition) is 6. The number of anilines is 1. The number of nitrogens with zero attached hydrogens (tertiary/aromatic N) is 2. The number of amides is 3. The van der Waals surface area contributed by atoms with Crippen LogP contribution in [0.25, 0.3) is 11.3 Å². The van der Waals surface area contributed by atoms with Crippen LogP contribution in [0.1, 0.15) is 46.6 Å². The van der Waals surface area contributed by atoms with Crippen molar-refractivity contribution in [3.63, 3.8) is 0 Å². The lowest BCUT2D eigenvalue weighted by molar-refractivity contribution is -0.124. The predicted octanol–water partition coefficient (Wildman–Crippen LogP) is 7.84. The Morgan fingerprint density at radius 2 is 1.68 bits per heavy atom. The highest BCUT2D eigenvalue weighted by Gasteiger charge is 2.29. The average molecular weight is 688 g/mol. The highest BCUT2D eigenvalue weighted by Crippen LogP contribution is 2.26. The van der Waals surface area contributed by atoms with E-state index in [9.17, 15) is 14.4 Å². The van der Waals surface area contributed by atoms with Gasteiger partial charge in [0.15, 0.2) is 10.6 Å². The molecule has 0 aliphatic rings. The molecule has 0 fully saturated rings. The van der Waals surface area contributed by atoms with Gasteiger partial charge in [-0.15, -0.1) is 0 Å². The van der Waals surface area contributed by atoms with Gasteiger partial charge in [0.25, 0.3) is 5.91 Å². The third-order valence-corrected chi connectivity index (χ3v) is 7.53. The fraction of sp³-hybridized carbons (Fsp3) is 0.419. The molecule has 3 amide bonds. The zero-order valence-electron chi connectivity index (χ0n) is 25.5. The quantitative estimate of drug-likeness (QED) is 0.210. The number of nitrogens with one attached hydrogen (secondary N) is 2. The van der Waals surface area contributed by atoms with Crippen molar-refractivity contribution >= 4 is 70.0 Å². The normalized spacial score (nSPS) is 12.4. The lowest BCUT2D eigenvalue weighted by atomic mass is 9.98. The number of ether oxygens (including phenoxy) is 1. The first-order valence-corrected chi connectivity index (χ1v) is 15.6. The minimum atomic E-state index is -1.29. The summed E-state index contributed by atoms with van der Waals surface area (Å²) in [6, 6.07) is 13.4. The van der Waals surface area contributed by atoms with E-state index >= 15 is 0 Å². The van der Waals surface area contributed by atoms with Crippen LogP contribution in [0, 0.1) is 12.8 Å². The largest absolute Gasteiger partial charge is 0.444 e. The first-order chi connectivity index (χ1) is 20.6. The van der Waals surface area contributed by atoms with Gasteiger partial charge in [0.2, 0.25) is 5.91 Å². The Kier molecular flexibility index (Phi) is 14.8. The van der Waals surface area contributed by atoms with Crippen LogP contribution in [0.4, 0.5) is 10.5 Å². The maximum atomic E-state index is 12.9. The van der Waals surface area contributed by atoms with E-state index in [1.54, 1.807) is 45.0 Å². The van der Waals surface area contributed by atoms with Crippen molar-refractivity contribution in [2.75, 3.05) is 18.0 Å². The smallest absolute Gasteiger partial charge is 0.408 e. The molecule has 1 aromatic heterocycles. The van der Waals surface area contributed by atoms with E-state index < -0.39 is 28.5 Å². The summed E-state index contributed by atoms with van der Waals surface area (Å²) in [4.78, 5) is 38.0. The summed E-state index contributed by atoms with van der Waals surface area (Å²) < 4.78 is 10.5. The zero-order valence-corrected chi connectivity index (χ0v) is 28.5. The minimum Gasteiger partial charge on any atom is -0.444 e. The van der Waals surface area contributed by atoms with Crippen LogP contribution >= 0.6 is 46.4 Å². The second-order valence-electron chi connectivity index (χ2n) is 10.9. The Hall–Kier alpha value is -2.98. The first kappa shape index (κ1) is 37.2.